The van der Waals surface area contributed by atoms with Crippen molar-refractivity contribution < 1.29 is 23.1 Å². The first-order valence-corrected chi connectivity index (χ1v) is 11.0. The smallest absolute Gasteiger partial charge is 0.303 e. The third-order valence-electron chi connectivity index (χ3n) is 4.25. The van der Waals surface area contributed by atoms with Crippen LogP contribution in [-0.2, 0) is 26.0 Å². The third-order valence-corrected chi connectivity index (χ3v) is 7.86. The molecule has 0 unspecified atom stereocenters. The number of amides is 1. The van der Waals surface area contributed by atoms with Crippen LogP contribution in [0.1, 0.15) is 18.4 Å². The molecule has 0 bridgehead atoms. The summed E-state index contributed by atoms with van der Waals surface area (Å²) in [4.78, 5) is 28.5. The number of benzene rings is 1. The molecule has 2 aliphatic heterocycles. The van der Waals surface area contributed by atoms with Gasteiger partial charge in [0.2, 0.25) is 5.91 Å². The van der Waals surface area contributed by atoms with Gasteiger partial charge in [-0.25, -0.2) is 8.42 Å². The molecule has 3 rings (SSSR count). The minimum atomic E-state index is -3.13. The number of amidine groups is 1. The average Bonchev–Trinajstić information content (AvgIpc) is 3.00. The SMILES string of the molecule is O=C(O)CCC(=O)N=C1S[C@@H]2CS(=O)(=O)C[C@H]2N1Cc1ccccc1Cl. The van der Waals surface area contributed by atoms with Gasteiger partial charge in [-0.1, -0.05) is 41.6 Å². The van der Waals surface area contributed by atoms with Crippen molar-refractivity contribution in [3.05, 3.63) is 34.9 Å². The van der Waals surface area contributed by atoms with Gasteiger partial charge in [0, 0.05) is 23.2 Å². The fraction of sp³-hybridized carbons (Fsp3) is 0.438. The lowest BCUT2D eigenvalue weighted by molar-refractivity contribution is -0.138. The second-order valence-corrected chi connectivity index (χ2v) is 9.97. The summed E-state index contributed by atoms with van der Waals surface area (Å²) in [7, 11) is -3.13. The molecule has 1 amide bonds. The zero-order valence-electron chi connectivity index (χ0n) is 13.7. The Labute approximate surface area is 160 Å². The molecule has 2 heterocycles. The zero-order valence-corrected chi connectivity index (χ0v) is 16.1. The van der Waals surface area contributed by atoms with Gasteiger partial charge in [-0.2, -0.15) is 4.99 Å². The Morgan fingerprint density at radius 3 is 2.69 bits per heavy atom. The number of hydrogen-bond acceptors (Lipinski definition) is 5. The summed E-state index contributed by atoms with van der Waals surface area (Å²) in [5, 5.41) is 9.49. The third kappa shape index (κ3) is 4.39. The van der Waals surface area contributed by atoms with E-state index in [1.165, 1.54) is 11.8 Å². The molecule has 140 valence electrons. The number of nitrogens with zero attached hydrogens (tertiary/aromatic N) is 2. The molecule has 26 heavy (non-hydrogen) atoms. The topological polar surface area (TPSA) is 104 Å². The van der Waals surface area contributed by atoms with Crippen LogP contribution in [0.4, 0.5) is 0 Å². The summed E-state index contributed by atoms with van der Waals surface area (Å²) < 4.78 is 24.0. The second-order valence-electron chi connectivity index (χ2n) is 6.20. The predicted octanol–water partition coefficient (Wildman–Crippen LogP) is 1.80. The molecule has 0 aromatic heterocycles. The van der Waals surface area contributed by atoms with E-state index in [9.17, 15) is 18.0 Å². The average molecular weight is 417 g/mol. The van der Waals surface area contributed by atoms with E-state index in [0.29, 0.717) is 16.7 Å². The molecule has 2 saturated heterocycles. The van der Waals surface area contributed by atoms with Crippen molar-refractivity contribution in [3.63, 3.8) is 0 Å². The highest BCUT2D eigenvalue weighted by Crippen LogP contribution is 2.39. The summed E-state index contributed by atoms with van der Waals surface area (Å²) in [6.45, 7) is 0.342. The van der Waals surface area contributed by atoms with E-state index >= 15 is 0 Å². The zero-order chi connectivity index (χ0) is 18.9. The van der Waals surface area contributed by atoms with Gasteiger partial charge < -0.3 is 10.0 Å². The normalized spacial score (nSPS) is 25.4. The largest absolute Gasteiger partial charge is 0.481 e. The van der Waals surface area contributed by atoms with Crippen LogP contribution in [0.25, 0.3) is 0 Å². The number of sulfone groups is 1. The minimum Gasteiger partial charge on any atom is -0.481 e. The number of carboxylic acid groups (broad SMARTS) is 1. The standard InChI is InChI=1S/C16H17ClN2O5S2/c17-11-4-2-1-3-10(11)7-19-12-8-26(23,24)9-13(12)25-16(19)18-14(20)5-6-15(21)22/h1-4,12-13H,5-9H2,(H,21,22)/t12-,13-/m1/s1. The first-order valence-electron chi connectivity index (χ1n) is 7.95. The van der Waals surface area contributed by atoms with E-state index in [-0.39, 0.29) is 35.6 Å². The fourth-order valence-corrected chi connectivity index (χ4v) is 7.17. The van der Waals surface area contributed by atoms with Gasteiger partial charge in [0.05, 0.1) is 24.0 Å². The molecule has 2 aliphatic rings. The van der Waals surface area contributed by atoms with Crippen LogP contribution in [0.5, 0.6) is 0 Å². The van der Waals surface area contributed by atoms with Crippen LogP contribution in [-0.4, -0.2) is 58.3 Å². The van der Waals surface area contributed by atoms with Gasteiger partial charge in [0.25, 0.3) is 0 Å². The fourth-order valence-electron chi connectivity index (χ4n) is 3.01. The molecular formula is C16H17ClN2O5S2. The van der Waals surface area contributed by atoms with Crippen molar-refractivity contribution in [2.75, 3.05) is 11.5 Å². The van der Waals surface area contributed by atoms with Gasteiger partial charge in [-0.15, -0.1) is 0 Å². The maximum absolute atomic E-state index is 12.0. The minimum absolute atomic E-state index is 0.0114. The Balaban J connectivity index is 1.85. The number of halogens is 1. The van der Waals surface area contributed by atoms with Crippen LogP contribution < -0.4 is 0 Å². The first-order chi connectivity index (χ1) is 12.2. The molecule has 0 radical (unpaired) electrons. The lowest BCUT2D eigenvalue weighted by atomic mass is 10.1. The van der Waals surface area contributed by atoms with Gasteiger partial charge in [-0.3, -0.25) is 9.59 Å². The molecule has 2 fully saturated rings. The summed E-state index contributed by atoms with van der Waals surface area (Å²) in [5.74, 6) is -1.53. The Hall–Kier alpha value is -1.58. The van der Waals surface area contributed by atoms with E-state index in [1.54, 1.807) is 17.0 Å². The van der Waals surface area contributed by atoms with Gasteiger partial charge in [0.1, 0.15) is 0 Å². The number of carboxylic acids is 1. The Kier molecular flexibility index (Phi) is 5.59. The van der Waals surface area contributed by atoms with E-state index < -0.39 is 21.7 Å². The highest BCUT2D eigenvalue weighted by Gasteiger charge is 2.48. The number of aliphatic carboxylic acids is 1. The van der Waals surface area contributed by atoms with Gasteiger partial charge in [-0.05, 0) is 11.6 Å². The molecule has 1 N–H and O–H groups in total. The number of fused-ring (bicyclic) bond motifs is 1. The second kappa shape index (κ2) is 7.58. The molecule has 1 aromatic carbocycles. The van der Waals surface area contributed by atoms with Crippen LogP contribution in [0.2, 0.25) is 5.02 Å². The summed E-state index contributed by atoms with van der Waals surface area (Å²) in [6, 6.07) is 6.96. The molecule has 0 spiro atoms. The van der Waals surface area contributed by atoms with Crippen molar-refractivity contribution in [2.24, 2.45) is 4.99 Å². The maximum atomic E-state index is 12.0. The van der Waals surface area contributed by atoms with Crippen LogP contribution in [0.15, 0.2) is 29.3 Å². The number of thioether (sulfide) groups is 1. The Bertz CT molecular complexity index is 871. The van der Waals surface area contributed by atoms with Gasteiger partial charge >= 0.3 is 5.97 Å². The molecule has 1 aromatic rings. The highest BCUT2D eigenvalue weighted by atomic mass is 35.5. The van der Waals surface area contributed by atoms with Crippen LogP contribution in [0.3, 0.4) is 0 Å². The monoisotopic (exact) mass is 416 g/mol. The predicted molar refractivity (Wildman–Crippen MR) is 100 cm³/mol. The number of aliphatic imine (C=N–C) groups is 1. The van der Waals surface area contributed by atoms with Crippen molar-refractivity contribution in [2.45, 2.75) is 30.7 Å². The summed E-state index contributed by atoms with van der Waals surface area (Å²) in [5.41, 5.74) is 0.811. The van der Waals surface area contributed by atoms with E-state index in [0.717, 1.165) is 5.56 Å². The maximum Gasteiger partial charge on any atom is 0.303 e. The molecule has 0 saturated carbocycles. The summed E-state index contributed by atoms with van der Waals surface area (Å²) in [6.07, 6.45) is -0.473. The molecule has 2 atom stereocenters. The van der Waals surface area contributed by atoms with Crippen molar-refractivity contribution in [3.8, 4) is 0 Å². The Morgan fingerprint density at radius 2 is 2.00 bits per heavy atom. The quantitative estimate of drug-likeness (QED) is 0.780. The molecule has 0 aliphatic carbocycles. The highest BCUT2D eigenvalue weighted by molar-refractivity contribution is 8.15. The lowest BCUT2D eigenvalue weighted by Crippen LogP contribution is -2.37. The van der Waals surface area contributed by atoms with E-state index in [4.69, 9.17) is 16.7 Å². The number of carbonyl (C=O) groups excluding carboxylic acids is 1. The van der Waals surface area contributed by atoms with Crippen molar-refractivity contribution in [1.82, 2.24) is 4.90 Å². The number of hydrogen-bond donors (Lipinski definition) is 1. The summed E-state index contributed by atoms with van der Waals surface area (Å²) >= 11 is 7.48. The van der Waals surface area contributed by atoms with E-state index in [1.807, 2.05) is 12.1 Å². The van der Waals surface area contributed by atoms with Crippen molar-refractivity contribution in [1.29, 1.82) is 0 Å². The lowest BCUT2D eigenvalue weighted by Gasteiger charge is -2.24. The van der Waals surface area contributed by atoms with Crippen LogP contribution in [0, 0.1) is 0 Å². The number of carbonyl (C=O) groups is 2. The van der Waals surface area contributed by atoms with E-state index in [2.05, 4.69) is 4.99 Å². The molecule has 7 nitrogen and oxygen atoms in total. The van der Waals surface area contributed by atoms with Crippen LogP contribution >= 0.6 is 23.4 Å². The molecular weight excluding hydrogens is 400 g/mol. The van der Waals surface area contributed by atoms with Crippen molar-refractivity contribution >= 4 is 50.2 Å². The molecule has 10 heteroatoms. The first kappa shape index (κ1) is 19.2. The Morgan fingerprint density at radius 1 is 1.27 bits per heavy atom. The number of rotatable bonds is 5. The van der Waals surface area contributed by atoms with Gasteiger partial charge in [0.15, 0.2) is 15.0 Å².